The van der Waals surface area contributed by atoms with Crippen molar-refractivity contribution >= 4 is 11.6 Å². The lowest BCUT2D eigenvalue weighted by molar-refractivity contribution is -0.120. The molecule has 1 amide bonds. The number of para-hydroxylation sites is 1. The number of hydrogen-bond donors (Lipinski definition) is 1. The van der Waals surface area contributed by atoms with Crippen molar-refractivity contribution in [3.8, 4) is 0 Å². The first kappa shape index (κ1) is 15.0. The minimum Gasteiger partial charge on any atom is -0.330 e. The number of rotatable bonds is 5. The molecule has 3 heteroatoms. The van der Waals surface area contributed by atoms with Gasteiger partial charge >= 0.3 is 0 Å². The lowest BCUT2D eigenvalue weighted by atomic mass is 10.0. The van der Waals surface area contributed by atoms with E-state index in [-0.39, 0.29) is 22.7 Å². The summed E-state index contributed by atoms with van der Waals surface area (Å²) in [6, 6.07) is 9.91. The van der Waals surface area contributed by atoms with Crippen LogP contribution in [0.5, 0.6) is 0 Å². The summed E-state index contributed by atoms with van der Waals surface area (Å²) in [5.41, 5.74) is 6.73. The maximum Gasteiger partial charge on any atom is 0.231 e. The van der Waals surface area contributed by atoms with Crippen molar-refractivity contribution in [2.45, 2.75) is 34.1 Å². The van der Waals surface area contributed by atoms with Crippen molar-refractivity contribution in [2.75, 3.05) is 18.0 Å². The van der Waals surface area contributed by atoms with Gasteiger partial charge < -0.3 is 10.6 Å². The Balaban J connectivity index is 2.23. The molecule has 110 valence electrons. The van der Waals surface area contributed by atoms with E-state index >= 15 is 0 Å². The standard InChI is InChI=1S/C17H26N2O/c1-16(2)14(17(16,3)4)15(20)19(12-8-11-18)13-9-6-5-7-10-13/h5-7,9-10,14H,8,11-12,18H2,1-4H3. The number of carbonyl (C=O) groups is 1. The van der Waals surface area contributed by atoms with Gasteiger partial charge in [-0.25, -0.2) is 0 Å². The van der Waals surface area contributed by atoms with E-state index < -0.39 is 0 Å². The Morgan fingerprint density at radius 2 is 1.70 bits per heavy atom. The van der Waals surface area contributed by atoms with Gasteiger partial charge in [0.1, 0.15) is 0 Å². The van der Waals surface area contributed by atoms with Crippen molar-refractivity contribution < 1.29 is 4.79 Å². The zero-order chi connectivity index (χ0) is 15.0. The van der Waals surface area contributed by atoms with E-state index in [1.165, 1.54) is 0 Å². The molecule has 2 rings (SSSR count). The minimum absolute atomic E-state index is 0.0693. The monoisotopic (exact) mass is 274 g/mol. The molecule has 0 atom stereocenters. The average molecular weight is 274 g/mol. The Kier molecular flexibility index (Phi) is 3.92. The molecule has 1 saturated carbocycles. The van der Waals surface area contributed by atoms with E-state index in [0.717, 1.165) is 12.1 Å². The zero-order valence-electron chi connectivity index (χ0n) is 13.0. The van der Waals surface area contributed by atoms with E-state index in [2.05, 4.69) is 27.7 Å². The molecule has 0 aliphatic heterocycles. The molecule has 0 saturated heterocycles. The number of amides is 1. The van der Waals surface area contributed by atoms with Crippen LogP contribution in [0.3, 0.4) is 0 Å². The maximum atomic E-state index is 12.9. The topological polar surface area (TPSA) is 46.3 Å². The Morgan fingerprint density at radius 3 is 2.15 bits per heavy atom. The normalized spacial score (nSPS) is 19.6. The first-order chi connectivity index (χ1) is 9.34. The molecule has 1 fully saturated rings. The Labute approximate surface area is 122 Å². The van der Waals surface area contributed by atoms with Gasteiger partial charge in [-0.3, -0.25) is 4.79 Å². The smallest absolute Gasteiger partial charge is 0.231 e. The van der Waals surface area contributed by atoms with Crippen LogP contribution in [0.15, 0.2) is 30.3 Å². The van der Waals surface area contributed by atoms with Gasteiger partial charge in [0.2, 0.25) is 5.91 Å². The van der Waals surface area contributed by atoms with Crippen molar-refractivity contribution in [2.24, 2.45) is 22.5 Å². The fourth-order valence-electron chi connectivity index (χ4n) is 3.19. The van der Waals surface area contributed by atoms with Crippen molar-refractivity contribution in [3.05, 3.63) is 30.3 Å². The molecular formula is C17H26N2O. The highest BCUT2D eigenvalue weighted by Gasteiger charge is 2.68. The highest BCUT2D eigenvalue weighted by atomic mass is 16.2. The molecular weight excluding hydrogens is 248 g/mol. The predicted octanol–water partition coefficient (Wildman–Crippen LogP) is 3.05. The molecule has 0 spiro atoms. The number of hydrogen-bond acceptors (Lipinski definition) is 2. The Morgan fingerprint density at radius 1 is 1.15 bits per heavy atom. The third-order valence-corrected chi connectivity index (χ3v) is 5.19. The molecule has 2 N–H and O–H groups in total. The van der Waals surface area contributed by atoms with Crippen LogP contribution in [0.25, 0.3) is 0 Å². The summed E-state index contributed by atoms with van der Waals surface area (Å²) in [5.74, 6) is 0.327. The number of nitrogens with two attached hydrogens (primary N) is 1. The molecule has 3 nitrogen and oxygen atoms in total. The van der Waals surface area contributed by atoms with Crippen molar-refractivity contribution in [1.82, 2.24) is 0 Å². The van der Waals surface area contributed by atoms with E-state index in [9.17, 15) is 4.79 Å². The molecule has 1 aliphatic rings. The fourth-order valence-corrected chi connectivity index (χ4v) is 3.19. The second kappa shape index (κ2) is 5.21. The van der Waals surface area contributed by atoms with Crippen LogP contribution in [-0.2, 0) is 4.79 Å². The molecule has 0 unspecified atom stereocenters. The Hall–Kier alpha value is -1.35. The summed E-state index contributed by atoms with van der Waals surface area (Å²) < 4.78 is 0. The molecule has 1 aromatic rings. The quantitative estimate of drug-likeness (QED) is 0.897. The van der Waals surface area contributed by atoms with Gasteiger partial charge in [0, 0.05) is 18.2 Å². The van der Waals surface area contributed by atoms with Gasteiger partial charge in [-0.2, -0.15) is 0 Å². The summed E-state index contributed by atoms with van der Waals surface area (Å²) >= 11 is 0. The average Bonchev–Trinajstić information content (AvgIpc) is 2.81. The first-order valence-electron chi connectivity index (χ1n) is 7.40. The summed E-state index contributed by atoms with van der Waals surface area (Å²) in [7, 11) is 0. The van der Waals surface area contributed by atoms with Gasteiger partial charge in [-0.1, -0.05) is 45.9 Å². The van der Waals surface area contributed by atoms with E-state index in [0.29, 0.717) is 13.1 Å². The summed E-state index contributed by atoms with van der Waals surface area (Å²) in [5, 5.41) is 0. The second-order valence-electron chi connectivity index (χ2n) is 6.84. The zero-order valence-corrected chi connectivity index (χ0v) is 13.0. The third-order valence-electron chi connectivity index (χ3n) is 5.19. The van der Waals surface area contributed by atoms with Gasteiger partial charge in [-0.05, 0) is 35.9 Å². The summed E-state index contributed by atoms with van der Waals surface area (Å²) in [4.78, 5) is 14.8. The van der Waals surface area contributed by atoms with Crippen LogP contribution in [-0.4, -0.2) is 19.0 Å². The molecule has 0 heterocycles. The number of benzene rings is 1. The first-order valence-corrected chi connectivity index (χ1v) is 7.40. The van der Waals surface area contributed by atoms with Crippen LogP contribution >= 0.6 is 0 Å². The fraction of sp³-hybridized carbons (Fsp3) is 0.588. The van der Waals surface area contributed by atoms with Crippen molar-refractivity contribution in [3.63, 3.8) is 0 Å². The molecule has 0 aromatic heterocycles. The Bertz CT molecular complexity index is 465. The largest absolute Gasteiger partial charge is 0.330 e. The van der Waals surface area contributed by atoms with Crippen LogP contribution < -0.4 is 10.6 Å². The molecule has 20 heavy (non-hydrogen) atoms. The van der Waals surface area contributed by atoms with Crippen LogP contribution in [0.1, 0.15) is 34.1 Å². The van der Waals surface area contributed by atoms with Crippen LogP contribution in [0.2, 0.25) is 0 Å². The molecule has 1 aliphatic carbocycles. The maximum absolute atomic E-state index is 12.9. The summed E-state index contributed by atoms with van der Waals surface area (Å²) in [6.45, 7) is 10.0. The highest BCUT2D eigenvalue weighted by molar-refractivity contribution is 5.98. The number of anilines is 1. The van der Waals surface area contributed by atoms with Gasteiger partial charge in [0.15, 0.2) is 0 Å². The van der Waals surface area contributed by atoms with Crippen molar-refractivity contribution in [1.29, 1.82) is 0 Å². The van der Waals surface area contributed by atoms with Gasteiger partial charge in [0.25, 0.3) is 0 Å². The molecule has 0 radical (unpaired) electrons. The third kappa shape index (κ3) is 2.35. The van der Waals surface area contributed by atoms with Crippen LogP contribution in [0.4, 0.5) is 5.69 Å². The van der Waals surface area contributed by atoms with Crippen LogP contribution in [0, 0.1) is 16.7 Å². The van der Waals surface area contributed by atoms with Gasteiger partial charge in [-0.15, -0.1) is 0 Å². The lowest BCUT2D eigenvalue weighted by Crippen LogP contribution is -2.35. The van der Waals surface area contributed by atoms with Gasteiger partial charge in [0.05, 0.1) is 0 Å². The molecule has 0 bridgehead atoms. The van der Waals surface area contributed by atoms with E-state index in [1.807, 2.05) is 35.2 Å². The second-order valence-corrected chi connectivity index (χ2v) is 6.84. The minimum atomic E-state index is 0.0693. The highest BCUT2D eigenvalue weighted by Crippen LogP contribution is 2.68. The van der Waals surface area contributed by atoms with E-state index in [4.69, 9.17) is 5.73 Å². The molecule has 1 aromatic carbocycles. The number of carbonyl (C=O) groups excluding carboxylic acids is 1. The summed E-state index contributed by atoms with van der Waals surface area (Å²) in [6.07, 6.45) is 0.828. The predicted molar refractivity (Wildman–Crippen MR) is 83.5 cm³/mol. The number of nitrogens with zero attached hydrogens (tertiary/aromatic N) is 1. The SMILES string of the molecule is CC1(C)C(C(=O)N(CCCN)c2ccccc2)C1(C)C. The lowest BCUT2D eigenvalue weighted by Gasteiger charge is -2.24. The van der Waals surface area contributed by atoms with E-state index in [1.54, 1.807) is 0 Å².